The Hall–Kier alpha value is -1.88. The minimum atomic E-state index is -0.113. The number of rotatable bonds is 3. The molecule has 0 spiro atoms. The highest BCUT2D eigenvalue weighted by atomic mass is 35.5. The summed E-state index contributed by atoms with van der Waals surface area (Å²) in [4.78, 5) is 18.4. The van der Waals surface area contributed by atoms with Crippen LogP contribution in [0.3, 0.4) is 0 Å². The summed E-state index contributed by atoms with van der Waals surface area (Å²) in [6.07, 6.45) is 7.00. The van der Waals surface area contributed by atoms with Crippen LogP contribution in [-0.4, -0.2) is 27.9 Å². The van der Waals surface area contributed by atoms with Gasteiger partial charge in [0.15, 0.2) is 0 Å². The first kappa shape index (κ1) is 14.1. The zero-order valence-electron chi connectivity index (χ0n) is 11.7. The Labute approximate surface area is 128 Å². The molecule has 5 nitrogen and oxygen atoms in total. The van der Waals surface area contributed by atoms with Gasteiger partial charge in [0.1, 0.15) is 5.15 Å². The molecular formula is C15H17ClN4O. The first-order valence-electron chi connectivity index (χ1n) is 7.15. The third-order valence-corrected chi connectivity index (χ3v) is 4.07. The van der Waals surface area contributed by atoms with Crippen molar-refractivity contribution in [2.24, 2.45) is 0 Å². The van der Waals surface area contributed by atoms with E-state index in [0.717, 1.165) is 24.3 Å². The number of nitrogens with zero attached hydrogens (tertiary/aromatic N) is 4. The summed E-state index contributed by atoms with van der Waals surface area (Å²) in [6, 6.07) is 5.30. The zero-order chi connectivity index (χ0) is 14.7. The van der Waals surface area contributed by atoms with Crippen molar-refractivity contribution in [3.8, 4) is 0 Å². The summed E-state index contributed by atoms with van der Waals surface area (Å²) in [5, 5.41) is 4.67. The van der Waals surface area contributed by atoms with E-state index in [1.807, 2.05) is 6.07 Å². The van der Waals surface area contributed by atoms with Gasteiger partial charge in [0, 0.05) is 30.9 Å². The quantitative estimate of drug-likeness (QED) is 0.817. The maximum absolute atomic E-state index is 12.2. The van der Waals surface area contributed by atoms with Gasteiger partial charge < -0.3 is 4.90 Å². The number of anilines is 1. The Balaban J connectivity index is 1.81. The normalized spacial score (nSPS) is 15.2. The zero-order valence-corrected chi connectivity index (χ0v) is 12.5. The van der Waals surface area contributed by atoms with Crippen LogP contribution in [0.2, 0.25) is 5.15 Å². The fourth-order valence-electron chi connectivity index (χ4n) is 2.57. The molecule has 3 heterocycles. The average Bonchev–Trinajstić information content (AvgIpc) is 2.52. The van der Waals surface area contributed by atoms with Gasteiger partial charge in [0.25, 0.3) is 5.56 Å². The highest BCUT2D eigenvalue weighted by Crippen LogP contribution is 2.17. The van der Waals surface area contributed by atoms with Crippen LogP contribution in [0.15, 0.2) is 35.4 Å². The van der Waals surface area contributed by atoms with E-state index >= 15 is 0 Å². The Morgan fingerprint density at radius 2 is 2.05 bits per heavy atom. The topological polar surface area (TPSA) is 51.0 Å². The van der Waals surface area contributed by atoms with Gasteiger partial charge in [-0.15, -0.1) is 0 Å². The average molecular weight is 305 g/mol. The van der Waals surface area contributed by atoms with Crippen molar-refractivity contribution in [3.63, 3.8) is 0 Å². The van der Waals surface area contributed by atoms with Crippen LogP contribution in [0.5, 0.6) is 0 Å². The van der Waals surface area contributed by atoms with Crippen LogP contribution in [0.25, 0.3) is 0 Å². The summed E-state index contributed by atoms with van der Waals surface area (Å²) >= 11 is 6.02. The van der Waals surface area contributed by atoms with Crippen molar-refractivity contribution in [1.82, 2.24) is 14.8 Å². The van der Waals surface area contributed by atoms with Crippen molar-refractivity contribution < 1.29 is 0 Å². The Kier molecular flexibility index (Phi) is 4.20. The van der Waals surface area contributed by atoms with E-state index in [4.69, 9.17) is 11.6 Å². The van der Waals surface area contributed by atoms with Crippen LogP contribution in [0.1, 0.15) is 24.8 Å². The van der Waals surface area contributed by atoms with E-state index < -0.39 is 0 Å². The van der Waals surface area contributed by atoms with Crippen molar-refractivity contribution in [3.05, 3.63) is 51.7 Å². The summed E-state index contributed by atoms with van der Waals surface area (Å²) in [5.41, 5.74) is 1.59. The molecule has 110 valence electrons. The molecule has 0 aliphatic carbocycles. The molecule has 1 aliphatic heterocycles. The number of hydrogen-bond donors (Lipinski definition) is 0. The fraction of sp³-hybridized carbons (Fsp3) is 0.400. The van der Waals surface area contributed by atoms with Gasteiger partial charge in [-0.25, -0.2) is 9.67 Å². The van der Waals surface area contributed by atoms with Crippen LogP contribution in [-0.2, 0) is 6.54 Å². The lowest BCUT2D eigenvalue weighted by Gasteiger charge is -2.28. The number of piperidine rings is 1. The van der Waals surface area contributed by atoms with Crippen LogP contribution >= 0.6 is 11.6 Å². The highest BCUT2D eigenvalue weighted by Gasteiger charge is 2.13. The largest absolute Gasteiger partial charge is 0.370 e. The standard InChI is InChI=1S/C15H17ClN4O/c16-15-12(5-4-6-17-15)11-20-14(21)9-13(10-18-20)19-7-2-1-3-8-19/h4-6,9-10H,1-3,7-8,11H2. The molecule has 0 unspecified atom stereocenters. The molecule has 1 fully saturated rings. The molecule has 1 saturated heterocycles. The molecule has 21 heavy (non-hydrogen) atoms. The van der Waals surface area contributed by atoms with Gasteiger partial charge in [-0.05, 0) is 25.3 Å². The van der Waals surface area contributed by atoms with Crippen molar-refractivity contribution in [1.29, 1.82) is 0 Å². The monoisotopic (exact) mass is 304 g/mol. The number of pyridine rings is 1. The summed E-state index contributed by atoms with van der Waals surface area (Å²) in [6.45, 7) is 2.34. The predicted molar refractivity (Wildman–Crippen MR) is 82.9 cm³/mol. The number of hydrogen-bond acceptors (Lipinski definition) is 4. The van der Waals surface area contributed by atoms with Gasteiger partial charge in [0.2, 0.25) is 0 Å². The maximum Gasteiger partial charge on any atom is 0.269 e. The second-order valence-electron chi connectivity index (χ2n) is 5.21. The van der Waals surface area contributed by atoms with Crippen LogP contribution in [0.4, 0.5) is 5.69 Å². The molecule has 0 bridgehead atoms. The minimum Gasteiger partial charge on any atom is -0.370 e. The van der Waals surface area contributed by atoms with Gasteiger partial charge in [-0.3, -0.25) is 4.79 Å². The predicted octanol–water partition coefficient (Wildman–Crippen LogP) is 2.33. The van der Waals surface area contributed by atoms with Crippen molar-refractivity contribution in [2.75, 3.05) is 18.0 Å². The first-order valence-corrected chi connectivity index (χ1v) is 7.53. The molecular weight excluding hydrogens is 288 g/mol. The summed E-state index contributed by atoms with van der Waals surface area (Å²) < 4.78 is 1.41. The molecule has 0 atom stereocenters. The number of halogens is 1. The molecule has 0 N–H and O–H groups in total. The second kappa shape index (κ2) is 6.26. The SMILES string of the molecule is O=c1cc(N2CCCCC2)cnn1Cc1cccnc1Cl. The van der Waals surface area contributed by atoms with E-state index in [2.05, 4.69) is 15.0 Å². The fourth-order valence-corrected chi connectivity index (χ4v) is 2.75. The summed E-state index contributed by atoms with van der Waals surface area (Å²) in [5.74, 6) is 0. The first-order chi connectivity index (χ1) is 10.2. The third-order valence-electron chi connectivity index (χ3n) is 3.73. The molecule has 0 saturated carbocycles. The molecule has 3 rings (SSSR count). The van der Waals surface area contributed by atoms with Gasteiger partial charge in [-0.1, -0.05) is 17.7 Å². The molecule has 0 amide bonds. The lowest BCUT2D eigenvalue weighted by molar-refractivity contribution is 0.571. The maximum atomic E-state index is 12.2. The van der Waals surface area contributed by atoms with E-state index in [1.54, 1.807) is 24.5 Å². The van der Waals surface area contributed by atoms with Gasteiger partial charge >= 0.3 is 0 Å². The lowest BCUT2D eigenvalue weighted by Crippen LogP contribution is -2.32. The Morgan fingerprint density at radius 1 is 1.24 bits per heavy atom. The van der Waals surface area contributed by atoms with E-state index in [1.165, 1.54) is 23.9 Å². The molecule has 1 aliphatic rings. The van der Waals surface area contributed by atoms with E-state index in [0.29, 0.717) is 11.7 Å². The van der Waals surface area contributed by atoms with Crippen LogP contribution < -0.4 is 10.5 Å². The molecule has 0 radical (unpaired) electrons. The van der Waals surface area contributed by atoms with Gasteiger partial charge in [-0.2, -0.15) is 5.10 Å². The van der Waals surface area contributed by atoms with Gasteiger partial charge in [0.05, 0.1) is 18.4 Å². The minimum absolute atomic E-state index is 0.113. The number of aromatic nitrogens is 3. The van der Waals surface area contributed by atoms with Crippen molar-refractivity contribution in [2.45, 2.75) is 25.8 Å². The lowest BCUT2D eigenvalue weighted by atomic mass is 10.1. The summed E-state index contributed by atoms with van der Waals surface area (Å²) in [7, 11) is 0. The molecule has 2 aromatic rings. The Bertz CT molecular complexity index is 679. The van der Waals surface area contributed by atoms with Crippen LogP contribution in [0, 0.1) is 0 Å². The molecule has 2 aromatic heterocycles. The van der Waals surface area contributed by atoms with Crippen molar-refractivity contribution >= 4 is 17.3 Å². The molecule has 6 heteroatoms. The molecule has 0 aromatic carbocycles. The highest BCUT2D eigenvalue weighted by molar-refractivity contribution is 6.30. The van der Waals surface area contributed by atoms with E-state index in [-0.39, 0.29) is 5.56 Å². The third kappa shape index (κ3) is 3.24. The smallest absolute Gasteiger partial charge is 0.269 e. The van der Waals surface area contributed by atoms with E-state index in [9.17, 15) is 4.79 Å². The Morgan fingerprint density at radius 3 is 2.76 bits per heavy atom. The second-order valence-corrected chi connectivity index (χ2v) is 5.57.